The van der Waals surface area contributed by atoms with Crippen LogP contribution >= 0.6 is 0 Å². The van der Waals surface area contributed by atoms with Crippen molar-refractivity contribution in [3.05, 3.63) is 54.1 Å². The molecule has 8 heteroatoms. The smallest absolute Gasteiger partial charge is 0.262 e. The summed E-state index contributed by atoms with van der Waals surface area (Å²) in [5, 5.41) is 1.98. The number of likely N-dealkylation sites (N-methyl/N-ethyl adjacent to an activating group) is 1. The number of carbonyl (C=O) groups excluding carboxylic acids is 2. The normalized spacial score (nSPS) is 16.3. The molecule has 3 rings (SSSR count). The second-order valence-electron chi connectivity index (χ2n) is 6.72. The molecule has 1 aliphatic rings. The summed E-state index contributed by atoms with van der Waals surface area (Å²) in [6.45, 7) is 3.28. The highest BCUT2D eigenvalue weighted by Gasteiger charge is 2.33. The van der Waals surface area contributed by atoms with Gasteiger partial charge in [0.1, 0.15) is 5.75 Å². The van der Waals surface area contributed by atoms with E-state index >= 15 is 0 Å². The number of benzene rings is 2. The van der Waals surface area contributed by atoms with E-state index in [1.54, 1.807) is 38.1 Å². The van der Waals surface area contributed by atoms with Crippen molar-refractivity contribution in [2.24, 2.45) is 0 Å². The number of nitrogens with one attached hydrogen (secondary N) is 1. The van der Waals surface area contributed by atoms with Crippen molar-refractivity contribution in [1.29, 1.82) is 0 Å². The molecule has 2 amide bonds. The van der Waals surface area contributed by atoms with Crippen LogP contribution in [0.15, 0.2) is 53.4 Å². The van der Waals surface area contributed by atoms with Crippen LogP contribution in [0.25, 0.3) is 0 Å². The van der Waals surface area contributed by atoms with E-state index in [2.05, 4.69) is 5.32 Å². The number of rotatable bonds is 4. The predicted molar refractivity (Wildman–Crippen MR) is 105 cm³/mol. The molecule has 2 aromatic carbocycles. The number of carbonyl (C=O) groups is 2. The fourth-order valence-electron chi connectivity index (χ4n) is 2.94. The third kappa shape index (κ3) is 3.60. The molecule has 2 aromatic rings. The highest BCUT2D eigenvalue weighted by Crippen LogP contribution is 2.34. The third-order valence-corrected chi connectivity index (χ3v) is 6.78. The van der Waals surface area contributed by atoms with Crippen LogP contribution in [0, 0.1) is 0 Å². The molecule has 0 unspecified atom stereocenters. The van der Waals surface area contributed by atoms with Crippen LogP contribution in [0.2, 0.25) is 0 Å². The van der Waals surface area contributed by atoms with Gasteiger partial charge in [-0.3, -0.25) is 9.59 Å². The molecule has 1 N–H and O–H groups in total. The molecular weight excluding hydrogens is 380 g/mol. The zero-order valence-electron chi connectivity index (χ0n) is 15.9. The van der Waals surface area contributed by atoms with E-state index in [1.165, 1.54) is 36.2 Å². The van der Waals surface area contributed by atoms with Gasteiger partial charge < -0.3 is 15.0 Å². The van der Waals surface area contributed by atoms with Crippen LogP contribution < -0.4 is 15.0 Å². The lowest BCUT2D eigenvalue weighted by molar-refractivity contribution is -0.127. The van der Waals surface area contributed by atoms with Crippen molar-refractivity contribution in [2.75, 3.05) is 18.5 Å². The molecule has 1 atom stereocenters. The molecule has 0 aromatic heterocycles. The minimum Gasteiger partial charge on any atom is -0.477 e. The average Bonchev–Trinajstić information content (AvgIpc) is 2.71. The summed E-state index contributed by atoms with van der Waals surface area (Å²) in [5.41, 5.74) is 0.890. The fraction of sp³-hybridized carbons (Fsp3) is 0.300. The first-order valence-electron chi connectivity index (χ1n) is 8.89. The maximum Gasteiger partial charge on any atom is 0.262 e. The number of sulfone groups is 1. The first kappa shape index (κ1) is 19.9. The van der Waals surface area contributed by atoms with Gasteiger partial charge in [-0.05, 0) is 50.2 Å². The summed E-state index contributed by atoms with van der Waals surface area (Å²) in [6.07, 6.45) is -0.829. The Morgan fingerprint density at radius 1 is 1.11 bits per heavy atom. The van der Waals surface area contributed by atoms with E-state index in [1.807, 2.05) is 0 Å². The zero-order chi connectivity index (χ0) is 20.5. The molecule has 28 heavy (non-hydrogen) atoms. The van der Waals surface area contributed by atoms with Gasteiger partial charge in [0, 0.05) is 12.6 Å². The van der Waals surface area contributed by atoms with Crippen molar-refractivity contribution in [1.82, 2.24) is 5.32 Å². The van der Waals surface area contributed by atoms with E-state index in [0.717, 1.165) is 0 Å². The summed E-state index contributed by atoms with van der Waals surface area (Å²) in [7, 11) is -1.91. The van der Waals surface area contributed by atoms with Gasteiger partial charge in [0.25, 0.3) is 11.8 Å². The molecule has 1 heterocycles. The molecule has 0 radical (unpaired) electrons. The molecule has 0 saturated heterocycles. The zero-order valence-corrected chi connectivity index (χ0v) is 16.7. The van der Waals surface area contributed by atoms with Gasteiger partial charge in [-0.25, -0.2) is 8.42 Å². The Balaban J connectivity index is 1.94. The van der Waals surface area contributed by atoms with Crippen molar-refractivity contribution in [3.63, 3.8) is 0 Å². The molecule has 0 bridgehead atoms. The lowest BCUT2D eigenvalue weighted by Gasteiger charge is -2.34. The van der Waals surface area contributed by atoms with Gasteiger partial charge >= 0.3 is 0 Å². The Morgan fingerprint density at radius 2 is 1.75 bits per heavy atom. The van der Waals surface area contributed by atoms with Crippen LogP contribution in [0.4, 0.5) is 5.69 Å². The Bertz CT molecular complexity index is 1000. The SMILES string of the molecule is CNC(=O)[C@H]1CN(C(=O)c2ccc(S(=O)(=O)C(C)C)cc2)c2ccccc2O1. The number of nitrogens with zero attached hydrogens (tertiary/aromatic N) is 1. The molecule has 7 nitrogen and oxygen atoms in total. The number of hydrogen-bond acceptors (Lipinski definition) is 5. The maximum atomic E-state index is 13.1. The Labute approximate surface area is 164 Å². The number of amides is 2. The van der Waals surface area contributed by atoms with Gasteiger partial charge in [0.2, 0.25) is 0 Å². The number of hydrogen-bond donors (Lipinski definition) is 1. The molecular formula is C20H22N2O5S. The van der Waals surface area contributed by atoms with Crippen molar-refractivity contribution in [3.8, 4) is 5.75 Å². The van der Waals surface area contributed by atoms with Crippen LogP contribution in [-0.4, -0.2) is 45.2 Å². The second kappa shape index (κ2) is 7.63. The molecule has 0 spiro atoms. The van der Waals surface area contributed by atoms with Crippen LogP contribution in [0.5, 0.6) is 5.75 Å². The van der Waals surface area contributed by atoms with Gasteiger partial charge in [0.15, 0.2) is 15.9 Å². The minimum absolute atomic E-state index is 0.0571. The Hall–Kier alpha value is -2.87. The summed E-state index contributed by atoms with van der Waals surface area (Å²) in [6, 6.07) is 12.8. The molecule has 0 saturated carbocycles. The topological polar surface area (TPSA) is 92.8 Å². The van der Waals surface area contributed by atoms with Crippen LogP contribution in [0.3, 0.4) is 0 Å². The van der Waals surface area contributed by atoms with Crippen molar-refractivity contribution >= 4 is 27.3 Å². The maximum absolute atomic E-state index is 13.1. The number of anilines is 1. The summed E-state index contributed by atoms with van der Waals surface area (Å²) >= 11 is 0. The standard InChI is InChI=1S/C20H22N2O5S/c1-13(2)28(25,26)15-10-8-14(9-11-15)20(24)22-12-18(19(23)21-3)27-17-7-5-4-6-16(17)22/h4-11,13,18H,12H2,1-3H3,(H,21,23)/t18-/m1/s1. The van der Waals surface area contributed by atoms with Crippen molar-refractivity contribution in [2.45, 2.75) is 30.1 Å². The van der Waals surface area contributed by atoms with Gasteiger partial charge in [-0.2, -0.15) is 0 Å². The Kier molecular flexibility index (Phi) is 5.42. The first-order valence-corrected chi connectivity index (χ1v) is 10.4. The van der Waals surface area contributed by atoms with E-state index in [0.29, 0.717) is 17.0 Å². The highest BCUT2D eigenvalue weighted by molar-refractivity contribution is 7.92. The first-order chi connectivity index (χ1) is 13.3. The van der Waals surface area contributed by atoms with Crippen LogP contribution in [0.1, 0.15) is 24.2 Å². The summed E-state index contributed by atoms with van der Waals surface area (Å²) in [5.74, 6) is -0.224. The predicted octanol–water partition coefficient (Wildman–Crippen LogP) is 2.02. The average molecular weight is 402 g/mol. The van der Waals surface area contributed by atoms with E-state index < -0.39 is 21.2 Å². The quantitative estimate of drug-likeness (QED) is 0.845. The minimum atomic E-state index is -3.41. The van der Waals surface area contributed by atoms with Gasteiger partial charge in [-0.15, -0.1) is 0 Å². The number of fused-ring (bicyclic) bond motifs is 1. The monoisotopic (exact) mass is 402 g/mol. The lowest BCUT2D eigenvalue weighted by atomic mass is 10.1. The van der Waals surface area contributed by atoms with Gasteiger partial charge in [-0.1, -0.05) is 12.1 Å². The summed E-state index contributed by atoms with van der Waals surface area (Å²) in [4.78, 5) is 26.8. The Morgan fingerprint density at radius 3 is 2.36 bits per heavy atom. The molecule has 148 valence electrons. The summed E-state index contributed by atoms with van der Waals surface area (Å²) < 4.78 is 30.3. The van der Waals surface area contributed by atoms with Crippen LogP contribution in [-0.2, 0) is 14.6 Å². The largest absolute Gasteiger partial charge is 0.477 e. The number of para-hydroxylation sites is 2. The van der Waals surface area contributed by atoms with Gasteiger partial charge in [0.05, 0.1) is 22.4 Å². The van der Waals surface area contributed by atoms with E-state index in [4.69, 9.17) is 4.74 Å². The number of ether oxygens (including phenoxy) is 1. The second-order valence-corrected chi connectivity index (χ2v) is 9.23. The van der Waals surface area contributed by atoms with E-state index in [9.17, 15) is 18.0 Å². The highest BCUT2D eigenvalue weighted by atomic mass is 32.2. The third-order valence-electron chi connectivity index (χ3n) is 4.61. The fourth-order valence-corrected chi connectivity index (χ4v) is 4.00. The molecule has 0 aliphatic carbocycles. The van der Waals surface area contributed by atoms with E-state index in [-0.39, 0.29) is 23.3 Å². The molecule has 0 fully saturated rings. The van der Waals surface area contributed by atoms with Crippen molar-refractivity contribution < 1.29 is 22.7 Å². The lowest BCUT2D eigenvalue weighted by Crippen LogP contribution is -2.50. The molecule has 1 aliphatic heterocycles.